The molecule has 1 aliphatic rings. The summed E-state index contributed by atoms with van der Waals surface area (Å²) in [5.74, 6) is -0.0380. The number of sulfonamides is 1. The van der Waals surface area contributed by atoms with Crippen LogP contribution >= 0.6 is 0 Å². The van der Waals surface area contributed by atoms with Crippen LogP contribution in [0.15, 0.2) is 23.1 Å². The van der Waals surface area contributed by atoms with Crippen molar-refractivity contribution in [2.75, 3.05) is 47.4 Å². The van der Waals surface area contributed by atoms with Crippen LogP contribution in [0, 0.1) is 0 Å². The quantitative estimate of drug-likeness (QED) is 0.841. The van der Waals surface area contributed by atoms with Gasteiger partial charge in [0, 0.05) is 33.2 Å². The Bertz CT molecular complexity index is 652. The molecule has 1 amide bonds. The van der Waals surface area contributed by atoms with Gasteiger partial charge in [-0.1, -0.05) is 0 Å². The van der Waals surface area contributed by atoms with Crippen LogP contribution in [0.1, 0.15) is 10.4 Å². The molecule has 2 rings (SSSR count). The van der Waals surface area contributed by atoms with Gasteiger partial charge < -0.3 is 15.0 Å². The summed E-state index contributed by atoms with van der Waals surface area (Å²) in [6.07, 6.45) is 0. The number of likely N-dealkylation sites (N-methyl/N-ethyl adjacent to an activating group) is 1. The maximum atomic E-state index is 12.7. The lowest BCUT2D eigenvalue weighted by Gasteiger charge is -2.31. The molecule has 1 fully saturated rings. The van der Waals surface area contributed by atoms with E-state index in [1.54, 1.807) is 0 Å². The smallest absolute Gasteiger partial charge is 0.254 e. The summed E-state index contributed by atoms with van der Waals surface area (Å²) in [4.78, 5) is 14.1. The summed E-state index contributed by atoms with van der Waals surface area (Å²) in [5.41, 5.74) is 0.209. The number of ether oxygens (including phenoxy) is 1. The molecule has 0 aromatic heterocycles. The van der Waals surface area contributed by atoms with E-state index in [2.05, 4.69) is 10.2 Å². The van der Waals surface area contributed by atoms with Gasteiger partial charge >= 0.3 is 0 Å². The number of hydrogen-bond donors (Lipinski definition) is 1. The Morgan fingerprint density at radius 1 is 1.23 bits per heavy atom. The van der Waals surface area contributed by atoms with Gasteiger partial charge in [0.15, 0.2) is 0 Å². The second kappa shape index (κ2) is 6.64. The van der Waals surface area contributed by atoms with E-state index in [0.29, 0.717) is 31.9 Å². The lowest BCUT2D eigenvalue weighted by Crippen LogP contribution is -2.47. The molecule has 0 unspecified atom stereocenters. The van der Waals surface area contributed by atoms with Gasteiger partial charge in [0.2, 0.25) is 10.0 Å². The molecule has 7 nitrogen and oxygen atoms in total. The van der Waals surface area contributed by atoms with Crippen LogP contribution in [-0.2, 0) is 10.0 Å². The van der Waals surface area contributed by atoms with Crippen LogP contribution in [0.5, 0.6) is 5.75 Å². The van der Waals surface area contributed by atoms with E-state index in [1.165, 1.54) is 36.7 Å². The molecule has 22 heavy (non-hydrogen) atoms. The molecule has 1 N–H and O–H groups in total. The van der Waals surface area contributed by atoms with Crippen molar-refractivity contribution in [2.24, 2.45) is 0 Å². The Balaban J connectivity index is 2.37. The number of amides is 1. The van der Waals surface area contributed by atoms with E-state index in [0.717, 1.165) is 0 Å². The van der Waals surface area contributed by atoms with E-state index in [9.17, 15) is 13.2 Å². The third-order valence-electron chi connectivity index (χ3n) is 3.74. The molecule has 0 radical (unpaired) electrons. The van der Waals surface area contributed by atoms with Crippen molar-refractivity contribution in [1.29, 1.82) is 0 Å². The van der Waals surface area contributed by atoms with Crippen molar-refractivity contribution >= 4 is 15.9 Å². The second-order valence-corrected chi connectivity index (χ2v) is 7.09. The molecule has 1 heterocycles. The van der Waals surface area contributed by atoms with Gasteiger partial charge in [0.05, 0.1) is 17.6 Å². The first-order valence-electron chi connectivity index (χ1n) is 6.99. The van der Waals surface area contributed by atoms with Gasteiger partial charge in [-0.15, -0.1) is 0 Å². The number of hydrogen-bond acceptors (Lipinski definition) is 5. The highest BCUT2D eigenvalue weighted by molar-refractivity contribution is 7.89. The van der Waals surface area contributed by atoms with E-state index in [4.69, 9.17) is 4.74 Å². The van der Waals surface area contributed by atoms with Crippen LogP contribution in [0.3, 0.4) is 0 Å². The highest BCUT2D eigenvalue weighted by atomic mass is 32.2. The third kappa shape index (κ3) is 3.23. The monoisotopic (exact) mass is 327 g/mol. The normalized spacial score (nSPS) is 17.2. The van der Waals surface area contributed by atoms with E-state index >= 15 is 0 Å². The van der Waals surface area contributed by atoms with Crippen LogP contribution < -0.4 is 10.1 Å². The van der Waals surface area contributed by atoms with Crippen molar-refractivity contribution in [2.45, 2.75) is 4.90 Å². The first-order chi connectivity index (χ1) is 10.4. The van der Waals surface area contributed by atoms with E-state index in [1.807, 2.05) is 7.05 Å². The van der Waals surface area contributed by atoms with Crippen LogP contribution in [0.2, 0.25) is 0 Å². The fraction of sp³-hybridized carbons (Fsp3) is 0.500. The predicted octanol–water partition coefficient (Wildman–Crippen LogP) is -0.00910. The molecule has 1 aliphatic heterocycles. The zero-order valence-electron chi connectivity index (χ0n) is 13.0. The first-order valence-corrected chi connectivity index (χ1v) is 8.43. The molecule has 1 saturated heterocycles. The number of rotatable bonds is 4. The minimum absolute atomic E-state index is 0.108. The fourth-order valence-corrected chi connectivity index (χ4v) is 3.79. The number of methoxy groups -OCH3 is 1. The van der Waals surface area contributed by atoms with Crippen LogP contribution in [0.4, 0.5) is 0 Å². The minimum atomic E-state index is -3.60. The Labute approximate surface area is 130 Å². The molecule has 0 spiro atoms. The number of nitrogens with one attached hydrogen (secondary N) is 1. The molecular formula is C14H21N3O4S. The summed E-state index contributed by atoms with van der Waals surface area (Å²) in [6, 6.07) is 4.35. The highest BCUT2D eigenvalue weighted by Crippen LogP contribution is 2.25. The molecule has 0 aliphatic carbocycles. The number of nitrogens with zero attached hydrogens (tertiary/aromatic N) is 2. The van der Waals surface area contributed by atoms with Crippen molar-refractivity contribution in [3.63, 3.8) is 0 Å². The first kappa shape index (κ1) is 16.7. The zero-order chi connectivity index (χ0) is 16.3. The Morgan fingerprint density at radius 3 is 2.41 bits per heavy atom. The van der Waals surface area contributed by atoms with Crippen molar-refractivity contribution in [3.05, 3.63) is 23.8 Å². The summed E-state index contributed by atoms with van der Waals surface area (Å²) in [6.45, 7) is 2.27. The lowest BCUT2D eigenvalue weighted by molar-refractivity contribution is 0.0960. The van der Waals surface area contributed by atoms with Crippen LogP contribution in [-0.4, -0.2) is 70.9 Å². The second-order valence-electron chi connectivity index (χ2n) is 5.15. The number of piperazine rings is 1. The average molecular weight is 327 g/mol. The van der Waals surface area contributed by atoms with Gasteiger partial charge in [-0.05, 0) is 25.2 Å². The van der Waals surface area contributed by atoms with Gasteiger partial charge in [0.1, 0.15) is 5.75 Å². The standard InChI is InChI=1S/C14H21N3O4S/c1-15-14(18)12-10-11(4-5-13(12)21-3)22(19,20)17-8-6-16(2)7-9-17/h4-5,10H,6-9H2,1-3H3,(H,15,18). The third-order valence-corrected chi connectivity index (χ3v) is 5.64. The molecular weight excluding hydrogens is 306 g/mol. The minimum Gasteiger partial charge on any atom is -0.496 e. The van der Waals surface area contributed by atoms with E-state index < -0.39 is 10.0 Å². The predicted molar refractivity (Wildman–Crippen MR) is 82.6 cm³/mol. The highest BCUT2D eigenvalue weighted by Gasteiger charge is 2.28. The molecule has 1 aromatic carbocycles. The van der Waals surface area contributed by atoms with Gasteiger partial charge in [-0.2, -0.15) is 4.31 Å². The number of benzene rings is 1. The van der Waals surface area contributed by atoms with Crippen LogP contribution in [0.25, 0.3) is 0 Å². The molecule has 0 bridgehead atoms. The topological polar surface area (TPSA) is 79.0 Å². The zero-order valence-corrected chi connectivity index (χ0v) is 13.8. The summed E-state index contributed by atoms with van der Waals surface area (Å²) in [7, 11) is 1.29. The molecule has 1 aromatic rings. The Hall–Kier alpha value is -1.64. The lowest BCUT2D eigenvalue weighted by atomic mass is 10.2. The van der Waals surface area contributed by atoms with Crippen molar-refractivity contribution < 1.29 is 17.9 Å². The summed E-state index contributed by atoms with van der Waals surface area (Å²) < 4.78 is 31.9. The van der Waals surface area contributed by atoms with Gasteiger partial charge in [0.25, 0.3) is 5.91 Å². The number of carbonyl (C=O) groups is 1. The largest absolute Gasteiger partial charge is 0.496 e. The van der Waals surface area contributed by atoms with Crippen molar-refractivity contribution in [3.8, 4) is 5.75 Å². The van der Waals surface area contributed by atoms with E-state index in [-0.39, 0.29) is 16.4 Å². The summed E-state index contributed by atoms with van der Waals surface area (Å²) >= 11 is 0. The molecule has 122 valence electrons. The molecule has 0 atom stereocenters. The molecule has 0 saturated carbocycles. The fourth-order valence-electron chi connectivity index (χ4n) is 2.34. The summed E-state index contributed by atoms with van der Waals surface area (Å²) in [5, 5.41) is 2.49. The SMILES string of the molecule is CNC(=O)c1cc(S(=O)(=O)N2CCN(C)CC2)ccc1OC. The van der Waals surface area contributed by atoms with Gasteiger partial charge in [-0.25, -0.2) is 8.42 Å². The Kier molecular flexibility index (Phi) is 5.05. The van der Waals surface area contributed by atoms with Crippen molar-refractivity contribution in [1.82, 2.24) is 14.5 Å². The van der Waals surface area contributed by atoms with Gasteiger partial charge in [-0.3, -0.25) is 4.79 Å². The maximum Gasteiger partial charge on any atom is 0.254 e. The molecule has 8 heteroatoms. The average Bonchev–Trinajstić information content (AvgIpc) is 2.53. The Morgan fingerprint density at radius 2 is 1.86 bits per heavy atom. The maximum absolute atomic E-state index is 12.7. The number of carbonyl (C=O) groups excluding carboxylic acids is 1.